The van der Waals surface area contributed by atoms with Gasteiger partial charge in [-0.05, 0) is 56.3 Å². The highest BCUT2D eigenvalue weighted by Crippen LogP contribution is 2.35. The molecule has 1 aliphatic rings. The van der Waals surface area contributed by atoms with Gasteiger partial charge in [-0.25, -0.2) is 4.98 Å². The topological polar surface area (TPSA) is 76.3 Å². The van der Waals surface area contributed by atoms with Crippen LogP contribution in [0.3, 0.4) is 0 Å². The Balaban J connectivity index is 1.50. The van der Waals surface area contributed by atoms with E-state index in [1.54, 1.807) is 0 Å². The molecule has 3 aromatic rings. The zero-order chi connectivity index (χ0) is 25.3. The third-order valence-corrected chi connectivity index (χ3v) is 6.85. The van der Waals surface area contributed by atoms with Gasteiger partial charge in [0, 0.05) is 31.6 Å². The first-order chi connectivity index (χ1) is 16.5. The molecule has 1 amide bonds. The summed E-state index contributed by atoms with van der Waals surface area (Å²) in [6, 6.07) is 9.63. The van der Waals surface area contributed by atoms with Crippen molar-refractivity contribution in [2.75, 3.05) is 43.9 Å². The highest BCUT2D eigenvalue weighted by molar-refractivity contribution is 6.34. The van der Waals surface area contributed by atoms with Crippen LogP contribution >= 0.6 is 23.2 Å². The van der Waals surface area contributed by atoms with E-state index in [9.17, 15) is 4.79 Å². The molecule has 1 aromatic heterocycles. The number of benzene rings is 2. The van der Waals surface area contributed by atoms with Crippen molar-refractivity contribution < 1.29 is 4.79 Å². The van der Waals surface area contributed by atoms with E-state index in [2.05, 4.69) is 50.6 Å². The van der Waals surface area contributed by atoms with Gasteiger partial charge in [-0.3, -0.25) is 4.79 Å². The lowest BCUT2D eigenvalue weighted by molar-refractivity contribution is -0.128. The number of aromatic nitrogens is 2. The maximum absolute atomic E-state index is 12.2. The monoisotopic (exact) mass is 516 g/mol. The van der Waals surface area contributed by atoms with Crippen LogP contribution in [0.15, 0.2) is 30.3 Å². The number of hydrogen-bond donors (Lipinski definition) is 3. The molecule has 1 atom stereocenters. The lowest BCUT2D eigenvalue weighted by Crippen LogP contribution is -2.34. The molecule has 1 fully saturated rings. The van der Waals surface area contributed by atoms with Crippen molar-refractivity contribution in [3.05, 3.63) is 45.9 Å². The van der Waals surface area contributed by atoms with Crippen molar-refractivity contribution in [1.82, 2.24) is 20.2 Å². The Labute approximate surface area is 217 Å². The molecule has 3 N–H and O–H groups in total. The third-order valence-electron chi connectivity index (χ3n) is 6.22. The second kappa shape index (κ2) is 10.2. The predicted molar refractivity (Wildman–Crippen MR) is 146 cm³/mol. The molecule has 0 radical (unpaired) electrons. The van der Waals surface area contributed by atoms with Gasteiger partial charge in [0.25, 0.3) is 0 Å². The number of carbonyl (C=O) groups excluding carboxylic acids is 1. The van der Waals surface area contributed by atoms with Crippen LogP contribution in [0.5, 0.6) is 0 Å². The molecule has 9 heteroatoms. The van der Waals surface area contributed by atoms with Crippen molar-refractivity contribution in [3.8, 4) is 0 Å². The Morgan fingerprint density at radius 1 is 1.20 bits per heavy atom. The maximum Gasteiger partial charge on any atom is 0.225 e. The molecular weight excluding hydrogens is 483 g/mol. The number of halogens is 2. The Bertz CT molecular complexity index is 1220. The number of amides is 1. The summed E-state index contributed by atoms with van der Waals surface area (Å²) in [4.78, 5) is 24.8. The number of nitrogens with one attached hydrogen (secondary N) is 3. The normalized spacial score (nSPS) is 16.3. The molecule has 188 valence electrons. The van der Waals surface area contributed by atoms with Crippen LogP contribution < -0.4 is 15.5 Å². The summed E-state index contributed by atoms with van der Waals surface area (Å²) in [5, 5.41) is 7.52. The number of imidazole rings is 1. The molecule has 0 saturated carbocycles. The Morgan fingerprint density at radius 3 is 2.69 bits per heavy atom. The fourth-order valence-corrected chi connectivity index (χ4v) is 4.83. The minimum atomic E-state index is -0.440. The van der Waals surface area contributed by atoms with Crippen LogP contribution in [0.2, 0.25) is 10.0 Å². The van der Waals surface area contributed by atoms with E-state index in [4.69, 9.17) is 23.2 Å². The molecule has 35 heavy (non-hydrogen) atoms. The molecule has 0 bridgehead atoms. The van der Waals surface area contributed by atoms with Crippen molar-refractivity contribution >= 4 is 57.5 Å². The van der Waals surface area contributed by atoms with Gasteiger partial charge in [0.1, 0.15) is 0 Å². The number of hydrogen-bond acceptors (Lipinski definition) is 5. The summed E-state index contributed by atoms with van der Waals surface area (Å²) in [6.45, 7) is 9.17. The smallest absolute Gasteiger partial charge is 0.225 e. The third kappa shape index (κ3) is 6.21. The lowest BCUT2D eigenvalue weighted by Gasteiger charge is -2.21. The molecular formula is C26H34Cl2N6O. The van der Waals surface area contributed by atoms with Crippen LogP contribution in [-0.2, 0) is 11.3 Å². The Morgan fingerprint density at radius 2 is 1.97 bits per heavy atom. The minimum Gasteiger partial charge on any atom is -0.370 e. The van der Waals surface area contributed by atoms with Crippen LogP contribution in [-0.4, -0.2) is 54.5 Å². The van der Waals surface area contributed by atoms with Crippen LogP contribution in [0.25, 0.3) is 11.0 Å². The largest absolute Gasteiger partial charge is 0.370 e. The molecule has 0 aliphatic carbocycles. The summed E-state index contributed by atoms with van der Waals surface area (Å²) in [5.41, 5.74) is 3.94. The first-order valence-corrected chi connectivity index (χ1v) is 12.7. The number of carbonyl (C=O) groups is 1. The van der Waals surface area contributed by atoms with Crippen molar-refractivity contribution in [3.63, 3.8) is 0 Å². The highest BCUT2D eigenvalue weighted by atomic mass is 35.5. The van der Waals surface area contributed by atoms with Gasteiger partial charge in [-0.2, -0.15) is 0 Å². The van der Waals surface area contributed by atoms with Crippen molar-refractivity contribution in [2.24, 2.45) is 11.3 Å². The average Bonchev–Trinajstić information content (AvgIpc) is 3.38. The summed E-state index contributed by atoms with van der Waals surface area (Å²) in [7, 11) is 4.23. The zero-order valence-electron chi connectivity index (χ0n) is 21.0. The van der Waals surface area contributed by atoms with Crippen LogP contribution in [0.4, 0.5) is 17.3 Å². The van der Waals surface area contributed by atoms with Crippen LogP contribution in [0.1, 0.15) is 32.8 Å². The summed E-state index contributed by atoms with van der Waals surface area (Å²) in [6.07, 6.45) is 1.16. The van der Waals surface area contributed by atoms with Gasteiger partial charge in [-0.15, -0.1) is 0 Å². The number of anilines is 3. The number of nitrogens with zero attached hydrogens (tertiary/aromatic N) is 3. The van der Waals surface area contributed by atoms with E-state index in [-0.39, 0.29) is 5.91 Å². The van der Waals surface area contributed by atoms with E-state index >= 15 is 0 Å². The average molecular weight is 518 g/mol. The van der Waals surface area contributed by atoms with Gasteiger partial charge in [-0.1, -0.05) is 50.0 Å². The summed E-state index contributed by atoms with van der Waals surface area (Å²) >= 11 is 13.1. The van der Waals surface area contributed by atoms with E-state index in [1.807, 2.05) is 45.0 Å². The molecule has 4 rings (SSSR count). The van der Waals surface area contributed by atoms with Crippen LogP contribution in [0, 0.1) is 11.3 Å². The van der Waals surface area contributed by atoms with E-state index in [0.29, 0.717) is 34.1 Å². The summed E-state index contributed by atoms with van der Waals surface area (Å²) < 4.78 is 0. The van der Waals surface area contributed by atoms with Crippen molar-refractivity contribution in [2.45, 2.75) is 33.7 Å². The zero-order valence-corrected chi connectivity index (χ0v) is 22.5. The highest BCUT2D eigenvalue weighted by Gasteiger charge is 2.25. The fraction of sp³-hybridized carbons (Fsp3) is 0.462. The Hall–Kier alpha value is -2.48. The molecule has 2 heterocycles. The van der Waals surface area contributed by atoms with Gasteiger partial charge < -0.3 is 25.4 Å². The van der Waals surface area contributed by atoms with Gasteiger partial charge in [0.05, 0.1) is 32.5 Å². The minimum absolute atomic E-state index is 0.00189. The standard InChI is InChI=1S/C26H34Cl2N6O/c1-26(2,3)24(35)29-13-16-6-7-18(27)20(10-16)30-25-31-21-11-19(28)23(12-22(21)32-25)34-9-8-17(15-34)14-33(4)5/h6-7,10-12,17H,8-9,13-15H2,1-5H3,(H,29,35)(H2,30,31,32). The van der Waals surface area contributed by atoms with E-state index < -0.39 is 5.41 Å². The fourth-order valence-electron chi connectivity index (χ4n) is 4.39. The molecule has 1 unspecified atom stereocenters. The van der Waals surface area contributed by atoms with E-state index in [1.165, 1.54) is 0 Å². The van der Waals surface area contributed by atoms with E-state index in [0.717, 1.165) is 48.3 Å². The lowest BCUT2D eigenvalue weighted by atomic mass is 9.95. The number of rotatable bonds is 7. The second-order valence-corrected chi connectivity index (χ2v) is 11.5. The van der Waals surface area contributed by atoms with Gasteiger partial charge >= 0.3 is 0 Å². The molecule has 2 aromatic carbocycles. The number of fused-ring (bicyclic) bond motifs is 1. The Kier molecular flexibility index (Phi) is 7.50. The first kappa shape index (κ1) is 25.6. The number of H-pyrrole nitrogens is 1. The maximum atomic E-state index is 12.2. The molecule has 7 nitrogen and oxygen atoms in total. The molecule has 1 saturated heterocycles. The van der Waals surface area contributed by atoms with Gasteiger partial charge in [0.15, 0.2) is 0 Å². The SMILES string of the molecule is CN(C)CC1CCN(c2cc3[nH]c(Nc4cc(CNC(=O)C(C)(C)C)ccc4Cl)nc3cc2Cl)C1. The number of aromatic amines is 1. The molecule has 0 spiro atoms. The quantitative estimate of drug-likeness (QED) is 0.377. The summed E-state index contributed by atoms with van der Waals surface area (Å²) in [5.74, 6) is 1.22. The predicted octanol–water partition coefficient (Wildman–Crippen LogP) is 5.66. The van der Waals surface area contributed by atoms with Gasteiger partial charge in [0.2, 0.25) is 11.9 Å². The second-order valence-electron chi connectivity index (χ2n) is 10.6. The van der Waals surface area contributed by atoms with Crippen molar-refractivity contribution in [1.29, 1.82) is 0 Å². The first-order valence-electron chi connectivity index (χ1n) is 11.9. The molecule has 1 aliphatic heterocycles.